The number of anilines is 2. The van der Waals surface area contributed by atoms with Gasteiger partial charge in [-0.25, -0.2) is 4.98 Å². The number of nitrogens with one attached hydrogen (secondary N) is 1. The van der Waals surface area contributed by atoms with Crippen LogP contribution in [-0.4, -0.2) is 10.9 Å². The third-order valence-corrected chi connectivity index (χ3v) is 4.23. The number of nitrogens with two attached hydrogens (primary N) is 1. The molecule has 0 aliphatic heterocycles. The fourth-order valence-electron chi connectivity index (χ4n) is 2.68. The standard InChI is InChI=1S/C20H19ClN4/c1-14-5-2-3-6-15(14)13-17-7-4-8-19(24-17)25(20(22)23)18-11-9-16(21)10-12-18/h2-12H,13H2,1H3,(H3,22,23). The van der Waals surface area contributed by atoms with Crippen LogP contribution >= 0.6 is 11.6 Å². The maximum Gasteiger partial charge on any atom is 0.198 e. The second kappa shape index (κ2) is 7.36. The normalized spacial score (nSPS) is 10.5. The van der Waals surface area contributed by atoms with Crippen molar-refractivity contribution in [2.75, 3.05) is 4.90 Å². The summed E-state index contributed by atoms with van der Waals surface area (Å²) in [6, 6.07) is 21.2. The number of benzene rings is 2. The van der Waals surface area contributed by atoms with Gasteiger partial charge in [-0.15, -0.1) is 0 Å². The van der Waals surface area contributed by atoms with Gasteiger partial charge < -0.3 is 5.73 Å². The van der Waals surface area contributed by atoms with Crippen molar-refractivity contribution in [2.24, 2.45) is 5.73 Å². The average molecular weight is 351 g/mol. The van der Waals surface area contributed by atoms with Crippen LogP contribution in [-0.2, 0) is 6.42 Å². The molecule has 0 aliphatic carbocycles. The predicted molar refractivity (Wildman–Crippen MR) is 104 cm³/mol. The Kier molecular flexibility index (Phi) is 5.00. The van der Waals surface area contributed by atoms with Crippen molar-refractivity contribution in [2.45, 2.75) is 13.3 Å². The molecule has 0 bridgehead atoms. The van der Waals surface area contributed by atoms with Gasteiger partial charge >= 0.3 is 0 Å². The molecule has 3 rings (SSSR count). The van der Waals surface area contributed by atoms with Crippen molar-refractivity contribution in [3.63, 3.8) is 0 Å². The zero-order chi connectivity index (χ0) is 17.8. The highest BCUT2D eigenvalue weighted by Crippen LogP contribution is 2.25. The van der Waals surface area contributed by atoms with E-state index in [-0.39, 0.29) is 5.96 Å². The van der Waals surface area contributed by atoms with Crippen LogP contribution in [0.15, 0.2) is 66.7 Å². The van der Waals surface area contributed by atoms with Crippen LogP contribution < -0.4 is 10.6 Å². The fourth-order valence-corrected chi connectivity index (χ4v) is 2.80. The molecule has 0 amide bonds. The summed E-state index contributed by atoms with van der Waals surface area (Å²) in [6.07, 6.45) is 0.729. The third kappa shape index (κ3) is 3.98. The summed E-state index contributed by atoms with van der Waals surface area (Å²) in [5.41, 5.74) is 9.93. The molecule has 126 valence electrons. The van der Waals surface area contributed by atoms with Crippen molar-refractivity contribution in [3.8, 4) is 0 Å². The van der Waals surface area contributed by atoms with E-state index in [4.69, 9.17) is 27.7 Å². The Bertz CT molecular complexity index is 890. The fraction of sp³-hybridized carbons (Fsp3) is 0.100. The summed E-state index contributed by atoms with van der Waals surface area (Å²) in [5, 5.41) is 8.57. The Hall–Kier alpha value is -2.85. The molecule has 0 spiro atoms. The first-order chi connectivity index (χ1) is 12.0. The van der Waals surface area contributed by atoms with E-state index < -0.39 is 0 Å². The lowest BCUT2D eigenvalue weighted by Gasteiger charge is -2.22. The van der Waals surface area contributed by atoms with E-state index in [1.807, 2.05) is 42.5 Å². The van der Waals surface area contributed by atoms with E-state index in [1.54, 1.807) is 17.0 Å². The molecule has 0 saturated heterocycles. The summed E-state index contributed by atoms with van der Waals surface area (Å²) in [7, 11) is 0. The van der Waals surface area contributed by atoms with E-state index in [0.29, 0.717) is 10.8 Å². The first kappa shape index (κ1) is 17.0. The van der Waals surface area contributed by atoms with E-state index in [9.17, 15) is 0 Å². The van der Waals surface area contributed by atoms with Crippen molar-refractivity contribution in [1.29, 1.82) is 5.41 Å². The van der Waals surface area contributed by atoms with Crippen LogP contribution in [0.4, 0.5) is 11.5 Å². The Morgan fingerprint density at radius 2 is 1.76 bits per heavy atom. The third-order valence-electron chi connectivity index (χ3n) is 3.98. The summed E-state index contributed by atoms with van der Waals surface area (Å²) < 4.78 is 0. The molecule has 1 heterocycles. The molecule has 3 N–H and O–H groups in total. The monoisotopic (exact) mass is 350 g/mol. The Morgan fingerprint density at radius 1 is 1.04 bits per heavy atom. The van der Waals surface area contributed by atoms with Gasteiger partial charge in [0.25, 0.3) is 0 Å². The topological polar surface area (TPSA) is 66.0 Å². The number of hydrogen-bond acceptors (Lipinski definition) is 2. The molecule has 5 heteroatoms. The maximum absolute atomic E-state index is 7.94. The molecule has 2 aromatic carbocycles. The quantitative estimate of drug-likeness (QED) is 0.531. The van der Waals surface area contributed by atoms with Gasteiger partial charge in [-0.3, -0.25) is 10.3 Å². The SMILES string of the molecule is Cc1ccccc1Cc1cccc(N(C(=N)N)c2ccc(Cl)cc2)n1. The summed E-state index contributed by atoms with van der Waals surface area (Å²) in [6.45, 7) is 2.09. The molecule has 1 aromatic heterocycles. The molecule has 0 atom stereocenters. The van der Waals surface area contributed by atoms with Crippen molar-refractivity contribution >= 4 is 29.1 Å². The molecule has 0 aliphatic rings. The number of rotatable bonds is 4. The van der Waals surface area contributed by atoms with Gasteiger partial charge in [0.2, 0.25) is 0 Å². The molecule has 3 aromatic rings. The van der Waals surface area contributed by atoms with Crippen molar-refractivity contribution < 1.29 is 0 Å². The highest BCUT2D eigenvalue weighted by Gasteiger charge is 2.14. The Balaban J connectivity index is 1.94. The van der Waals surface area contributed by atoms with Gasteiger partial charge in [-0.05, 0) is 54.4 Å². The van der Waals surface area contributed by atoms with Gasteiger partial charge in [0, 0.05) is 17.1 Å². The van der Waals surface area contributed by atoms with E-state index in [0.717, 1.165) is 17.8 Å². The largest absolute Gasteiger partial charge is 0.369 e. The minimum atomic E-state index is -0.0946. The van der Waals surface area contributed by atoms with Gasteiger partial charge in [0.05, 0.1) is 5.69 Å². The lowest BCUT2D eigenvalue weighted by Crippen LogP contribution is -2.33. The molecular formula is C20H19ClN4. The number of nitrogens with zero attached hydrogens (tertiary/aromatic N) is 2. The first-order valence-corrected chi connectivity index (χ1v) is 8.32. The number of aryl methyl sites for hydroxylation is 1. The second-order valence-electron chi connectivity index (χ2n) is 5.79. The van der Waals surface area contributed by atoms with E-state index in [1.165, 1.54) is 11.1 Å². The van der Waals surface area contributed by atoms with Crippen molar-refractivity contribution in [1.82, 2.24) is 4.98 Å². The minimum Gasteiger partial charge on any atom is -0.369 e. The molecule has 4 nitrogen and oxygen atoms in total. The van der Waals surface area contributed by atoms with E-state index in [2.05, 4.69) is 19.1 Å². The molecule has 0 unspecified atom stereocenters. The highest BCUT2D eigenvalue weighted by molar-refractivity contribution is 6.30. The van der Waals surface area contributed by atoms with Gasteiger partial charge in [-0.1, -0.05) is 41.9 Å². The van der Waals surface area contributed by atoms with Gasteiger partial charge in [0.1, 0.15) is 5.82 Å². The molecule has 0 fully saturated rings. The highest BCUT2D eigenvalue weighted by atomic mass is 35.5. The first-order valence-electron chi connectivity index (χ1n) is 7.95. The predicted octanol–water partition coefficient (Wildman–Crippen LogP) is 4.67. The average Bonchev–Trinajstić information content (AvgIpc) is 2.59. The van der Waals surface area contributed by atoms with Crippen LogP contribution in [0.25, 0.3) is 0 Å². The lowest BCUT2D eigenvalue weighted by atomic mass is 10.0. The van der Waals surface area contributed by atoms with Crippen LogP contribution in [0, 0.1) is 12.3 Å². The van der Waals surface area contributed by atoms with Crippen molar-refractivity contribution in [3.05, 3.63) is 88.6 Å². The Labute approximate surface area is 152 Å². The maximum atomic E-state index is 7.94. The zero-order valence-electron chi connectivity index (χ0n) is 13.9. The van der Waals surface area contributed by atoms with Crippen LogP contribution in [0.2, 0.25) is 5.02 Å². The smallest absolute Gasteiger partial charge is 0.198 e. The summed E-state index contributed by atoms with van der Waals surface area (Å²) >= 11 is 5.95. The van der Waals surface area contributed by atoms with Gasteiger partial charge in [0.15, 0.2) is 5.96 Å². The minimum absolute atomic E-state index is 0.0946. The molecule has 0 saturated carbocycles. The number of guanidine groups is 1. The number of halogens is 1. The second-order valence-corrected chi connectivity index (χ2v) is 6.22. The summed E-state index contributed by atoms with van der Waals surface area (Å²) in [4.78, 5) is 6.30. The lowest BCUT2D eigenvalue weighted by molar-refractivity contribution is 1.04. The van der Waals surface area contributed by atoms with Gasteiger partial charge in [-0.2, -0.15) is 0 Å². The molecule has 25 heavy (non-hydrogen) atoms. The zero-order valence-corrected chi connectivity index (χ0v) is 14.7. The number of aromatic nitrogens is 1. The number of hydrogen-bond donors (Lipinski definition) is 2. The number of pyridine rings is 1. The van der Waals surface area contributed by atoms with Crippen LogP contribution in [0.3, 0.4) is 0 Å². The Morgan fingerprint density at radius 3 is 2.44 bits per heavy atom. The van der Waals surface area contributed by atoms with Crippen LogP contribution in [0.5, 0.6) is 0 Å². The molecule has 0 radical (unpaired) electrons. The summed E-state index contributed by atoms with van der Waals surface area (Å²) in [5.74, 6) is 0.517. The molecular weight excluding hydrogens is 332 g/mol. The van der Waals surface area contributed by atoms with Crippen LogP contribution in [0.1, 0.15) is 16.8 Å². The van der Waals surface area contributed by atoms with E-state index >= 15 is 0 Å².